The molecule has 2 heterocycles. The first kappa shape index (κ1) is 19.7. The van der Waals surface area contributed by atoms with Crippen molar-refractivity contribution in [2.24, 2.45) is 0 Å². The number of thiophene rings is 1. The Labute approximate surface area is 167 Å². The lowest BCUT2D eigenvalue weighted by molar-refractivity contribution is -0.121. The molecule has 1 aliphatic rings. The second-order valence-electron chi connectivity index (χ2n) is 6.45. The van der Waals surface area contributed by atoms with Crippen LogP contribution < -0.4 is 14.8 Å². The van der Waals surface area contributed by atoms with E-state index in [4.69, 9.17) is 21.1 Å². The van der Waals surface area contributed by atoms with Crippen molar-refractivity contribution in [1.82, 2.24) is 5.32 Å². The lowest BCUT2D eigenvalue weighted by atomic mass is 10.1. The van der Waals surface area contributed by atoms with Crippen LogP contribution in [0.5, 0.6) is 11.5 Å². The summed E-state index contributed by atoms with van der Waals surface area (Å²) in [6, 6.07) is 5.61. The van der Waals surface area contributed by atoms with Gasteiger partial charge in [-0.3, -0.25) is 9.59 Å². The van der Waals surface area contributed by atoms with Gasteiger partial charge in [0.2, 0.25) is 5.91 Å². The zero-order valence-electron chi connectivity index (χ0n) is 15.4. The van der Waals surface area contributed by atoms with E-state index in [-0.39, 0.29) is 24.5 Å². The molecule has 0 spiro atoms. The van der Waals surface area contributed by atoms with Crippen LogP contribution in [0.2, 0.25) is 5.02 Å². The van der Waals surface area contributed by atoms with Crippen molar-refractivity contribution in [2.75, 3.05) is 19.8 Å². The first-order valence-electron chi connectivity index (χ1n) is 8.89. The van der Waals surface area contributed by atoms with Crippen LogP contribution in [0.15, 0.2) is 18.2 Å². The summed E-state index contributed by atoms with van der Waals surface area (Å²) in [5, 5.41) is 3.37. The van der Waals surface area contributed by atoms with Crippen LogP contribution in [0.1, 0.15) is 38.5 Å². The van der Waals surface area contributed by atoms with E-state index in [1.165, 1.54) is 0 Å². The summed E-state index contributed by atoms with van der Waals surface area (Å²) in [5.41, 5.74) is 1.70. The summed E-state index contributed by atoms with van der Waals surface area (Å²) in [5.74, 6) is 1.11. The number of rotatable bonds is 7. The van der Waals surface area contributed by atoms with E-state index in [1.54, 1.807) is 11.3 Å². The molecule has 5 nitrogen and oxygen atoms in total. The lowest BCUT2D eigenvalue weighted by Crippen LogP contribution is -2.26. The number of ketones is 1. The van der Waals surface area contributed by atoms with Crippen molar-refractivity contribution >= 4 is 34.6 Å². The maximum Gasteiger partial charge on any atom is 0.220 e. The van der Waals surface area contributed by atoms with E-state index in [0.717, 1.165) is 20.9 Å². The van der Waals surface area contributed by atoms with Crippen LogP contribution in [0.4, 0.5) is 0 Å². The minimum Gasteiger partial charge on any atom is -0.486 e. The highest BCUT2D eigenvalue weighted by atomic mass is 35.5. The zero-order valence-corrected chi connectivity index (χ0v) is 17.0. The summed E-state index contributed by atoms with van der Waals surface area (Å²) in [6.45, 7) is 5.38. The van der Waals surface area contributed by atoms with Crippen molar-refractivity contribution in [1.29, 1.82) is 0 Å². The number of amides is 1. The molecule has 1 aromatic carbocycles. The van der Waals surface area contributed by atoms with Gasteiger partial charge < -0.3 is 14.8 Å². The minimum absolute atomic E-state index is 0.0191. The lowest BCUT2D eigenvalue weighted by Gasteiger charge is -2.20. The normalized spacial score (nSPS) is 12.7. The molecule has 144 valence electrons. The van der Waals surface area contributed by atoms with Gasteiger partial charge in [-0.05, 0) is 44.0 Å². The summed E-state index contributed by atoms with van der Waals surface area (Å²) < 4.78 is 11.1. The number of benzene rings is 1. The molecule has 1 amide bonds. The van der Waals surface area contributed by atoms with E-state index < -0.39 is 0 Å². The molecule has 0 saturated carbocycles. The molecule has 0 bridgehead atoms. The smallest absolute Gasteiger partial charge is 0.220 e. The first-order chi connectivity index (χ1) is 12.9. The SMILES string of the molecule is Cc1cc(C(=O)CCC(=O)NCCc2cc(Cl)c3c(c2)OCCO3)c(C)s1. The number of halogens is 1. The van der Waals surface area contributed by atoms with Gasteiger partial charge in [0.15, 0.2) is 17.3 Å². The highest BCUT2D eigenvalue weighted by molar-refractivity contribution is 7.12. The van der Waals surface area contributed by atoms with Gasteiger partial charge in [-0.1, -0.05) is 11.6 Å². The second-order valence-corrected chi connectivity index (χ2v) is 8.32. The standard InChI is InChI=1S/C20H22ClNO4S/c1-12-9-15(13(2)27-12)17(23)3-4-19(24)22-6-5-14-10-16(21)20-18(11-14)25-7-8-26-20/h9-11H,3-8H2,1-2H3,(H,22,24). The summed E-state index contributed by atoms with van der Waals surface area (Å²) in [7, 11) is 0. The molecular weight excluding hydrogens is 386 g/mol. The van der Waals surface area contributed by atoms with Crippen LogP contribution >= 0.6 is 22.9 Å². The monoisotopic (exact) mass is 407 g/mol. The molecule has 0 aliphatic carbocycles. The van der Waals surface area contributed by atoms with Crippen molar-refractivity contribution in [3.8, 4) is 11.5 Å². The average molecular weight is 408 g/mol. The molecule has 2 aromatic rings. The largest absolute Gasteiger partial charge is 0.486 e. The van der Waals surface area contributed by atoms with Gasteiger partial charge in [-0.25, -0.2) is 0 Å². The Bertz CT molecular complexity index is 862. The zero-order chi connectivity index (χ0) is 19.4. The molecule has 0 fully saturated rings. The van der Waals surface area contributed by atoms with Crippen LogP contribution in [0.3, 0.4) is 0 Å². The number of Topliss-reactive ketones (excluding diaryl/α,β-unsaturated/α-hetero) is 1. The van der Waals surface area contributed by atoms with E-state index in [0.29, 0.717) is 42.7 Å². The Balaban J connectivity index is 1.45. The summed E-state index contributed by atoms with van der Waals surface area (Å²) in [6.07, 6.45) is 1.03. The van der Waals surface area contributed by atoms with Gasteiger partial charge in [-0.15, -0.1) is 11.3 Å². The van der Waals surface area contributed by atoms with Gasteiger partial charge in [0, 0.05) is 34.7 Å². The highest BCUT2D eigenvalue weighted by Gasteiger charge is 2.17. The summed E-state index contributed by atoms with van der Waals surface area (Å²) in [4.78, 5) is 26.4. The van der Waals surface area contributed by atoms with E-state index in [9.17, 15) is 9.59 Å². The van der Waals surface area contributed by atoms with Crippen molar-refractivity contribution in [2.45, 2.75) is 33.1 Å². The van der Waals surface area contributed by atoms with Crippen LogP contribution in [-0.4, -0.2) is 31.4 Å². The fraction of sp³-hybridized carbons (Fsp3) is 0.400. The van der Waals surface area contributed by atoms with Gasteiger partial charge in [-0.2, -0.15) is 0 Å². The number of carbonyl (C=O) groups excluding carboxylic acids is 2. The number of hydrogen-bond acceptors (Lipinski definition) is 5. The molecule has 3 rings (SSSR count). The van der Waals surface area contributed by atoms with Gasteiger partial charge in [0.05, 0.1) is 5.02 Å². The maximum atomic E-state index is 12.2. The van der Waals surface area contributed by atoms with Gasteiger partial charge >= 0.3 is 0 Å². The number of ether oxygens (including phenoxy) is 2. The van der Waals surface area contributed by atoms with E-state index >= 15 is 0 Å². The van der Waals surface area contributed by atoms with Crippen LogP contribution in [-0.2, 0) is 11.2 Å². The quantitative estimate of drug-likeness (QED) is 0.701. The number of carbonyl (C=O) groups is 2. The van der Waals surface area contributed by atoms with Crippen molar-refractivity contribution in [3.05, 3.63) is 44.1 Å². The molecule has 1 aromatic heterocycles. The third-order valence-electron chi connectivity index (χ3n) is 4.31. The Morgan fingerprint density at radius 2 is 1.93 bits per heavy atom. The number of hydrogen-bond donors (Lipinski definition) is 1. The molecule has 7 heteroatoms. The second kappa shape index (κ2) is 8.76. The Morgan fingerprint density at radius 3 is 2.67 bits per heavy atom. The van der Waals surface area contributed by atoms with Gasteiger partial charge in [0.1, 0.15) is 13.2 Å². The van der Waals surface area contributed by atoms with Crippen molar-refractivity contribution < 1.29 is 19.1 Å². The third kappa shape index (κ3) is 5.02. The number of aryl methyl sites for hydroxylation is 2. The average Bonchev–Trinajstić information content (AvgIpc) is 2.98. The van der Waals surface area contributed by atoms with E-state index in [1.807, 2.05) is 32.0 Å². The Morgan fingerprint density at radius 1 is 1.15 bits per heavy atom. The van der Waals surface area contributed by atoms with Gasteiger partial charge in [0.25, 0.3) is 0 Å². The fourth-order valence-corrected chi connectivity index (χ4v) is 4.24. The maximum absolute atomic E-state index is 12.2. The predicted octanol–water partition coefficient (Wildman–Crippen LogP) is 4.11. The predicted molar refractivity (Wildman–Crippen MR) is 107 cm³/mol. The first-order valence-corrected chi connectivity index (χ1v) is 10.1. The number of nitrogens with one attached hydrogen (secondary N) is 1. The topological polar surface area (TPSA) is 64.6 Å². The van der Waals surface area contributed by atoms with Crippen LogP contribution in [0.25, 0.3) is 0 Å². The summed E-state index contributed by atoms with van der Waals surface area (Å²) >= 11 is 7.82. The minimum atomic E-state index is -0.128. The van der Waals surface area contributed by atoms with E-state index in [2.05, 4.69) is 5.32 Å². The molecule has 1 N–H and O–H groups in total. The highest BCUT2D eigenvalue weighted by Crippen LogP contribution is 2.38. The molecule has 27 heavy (non-hydrogen) atoms. The molecule has 0 radical (unpaired) electrons. The fourth-order valence-electron chi connectivity index (χ4n) is 3.01. The molecular formula is C20H22ClNO4S. The molecule has 1 aliphatic heterocycles. The Kier molecular flexibility index (Phi) is 6.39. The molecule has 0 atom stereocenters. The van der Waals surface area contributed by atoms with Crippen molar-refractivity contribution in [3.63, 3.8) is 0 Å². The molecule has 0 saturated heterocycles. The number of fused-ring (bicyclic) bond motifs is 1. The van der Waals surface area contributed by atoms with Crippen LogP contribution in [0, 0.1) is 13.8 Å². The Hall–Kier alpha value is -2.05. The molecule has 0 unspecified atom stereocenters. The third-order valence-corrected chi connectivity index (χ3v) is 5.56.